The van der Waals surface area contributed by atoms with E-state index in [1.54, 1.807) is 18.2 Å². The van der Waals surface area contributed by atoms with Gasteiger partial charge in [0.2, 0.25) is 0 Å². The number of hydrogen-bond donors (Lipinski definition) is 1. The third kappa shape index (κ3) is 2.74. The van der Waals surface area contributed by atoms with Crippen LogP contribution in [0.15, 0.2) is 60.0 Å². The zero-order valence-electron chi connectivity index (χ0n) is 13.1. The van der Waals surface area contributed by atoms with Crippen molar-refractivity contribution in [2.75, 3.05) is 4.90 Å². The molecule has 0 saturated carbocycles. The van der Waals surface area contributed by atoms with Crippen LogP contribution in [0.25, 0.3) is 0 Å². The minimum absolute atomic E-state index is 0.0653. The lowest BCUT2D eigenvalue weighted by atomic mass is 9.96. The quantitative estimate of drug-likeness (QED) is 0.676. The molecule has 2 heterocycles. The van der Waals surface area contributed by atoms with Gasteiger partial charge in [-0.2, -0.15) is 0 Å². The predicted molar refractivity (Wildman–Crippen MR) is 87.9 cm³/mol. The van der Waals surface area contributed by atoms with Gasteiger partial charge in [-0.3, -0.25) is 24.6 Å². The molecule has 1 aliphatic rings. The van der Waals surface area contributed by atoms with Gasteiger partial charge in [0.15, 0.2) is 11.5 Å². The number of aliphatic hydroxyl groups is 1. The van der Waals surface area contributed by atoms with Crippen LogP contribution in [0.4, 0.5) is 11.5 Å². The van der Waals surface area contributed by atoms with Crippen molar-refractivity contribution in [1.29, 1.82) is 0 Å². The number of anilines is 1. The van der Waals surface area contributed by atoms with Gasteiger partial charge < -0.3 is 5.11 Å². The summed E-state index contributed by atoms with van der Waals surface area (Å²) in [5, 5.41) is 21.0. The highest BCUT2D eigenvalue weighted by Gasteiger charge is 2.43. The van der Waals surface area contributed by atoms with E-state index >= 15 is 0 Å². The Morgan fingerprint density at radius 3 is 2.44 bits per heavy atom. The normalized spacial score (nSPS) is 17.1. The SMILES string of the molecule is CC(=O)C1=C(O)C(=O)N(c2ccccn2)C1c1ccc([N+](=O)[O-])cc1. The van der Waals surface area contributed by atoms with Crippen LogP contribution in [0.1, 0.15) is 18.5 Å². The van der Waals surface area contributed by atoms with Crippen LogP contribution >= 0.6 is 0 Å². The zero-order chi connectivity index (χ0) is 18.1. The Morgan fingerprint density at radius 1 is 1.24 bits per heavy atom. The van der Waals surface area contributed by atoms with Crippen molar-refractivity contribution < 1.29 is 19.6 Å². The first kappa shape index (κ1) is 16.3. The van der Waals surface area contributed by atoms with Gasteiger partial charge in [0, 0.05) is 18.3 Å². The summed E-state index contributed by atoms with van der Waals surface area (Å²) in [6.45, 7) is 1.25. The lowest BCUT2D eigenvalue weighted by Gasteiger charge is -2.25. The van der Waals surface area contributed by atoms with Crippen LogP contribution in [-0.4, -0.2) is 26.7 Å². The van der Waals surface area contributed by atoms with Crippen molar-refractivity contribution in [2.45, 2.75) is 13.0 Å². The van der Waals surface area contributed by atoms with E-state index in [0.717, 1.165) is 0 Å². The van der Waals surface area contributed by atoms with Gasteiger partial charge in [-0.1, -0.05) is 6.07 Å². The third-order valence-corrected chi connectivity index (χ3v) is 3.90. The number of amides is 1. The number of non-ortho nitro benzene ring substituents is 1. The summed E-state index contributed by atoms with van der Waals surface area (Å²) in [4.78, 5) is 40.1. The highest BCUT2D eigenvalue weighted by atomic mass is 16.6. The molecule has 0 saturated heterocycles. The van der Waals surface area contributed by atoms with Crippen LogP contribution in [0.5, 0.6) is 0 Å². The van der Waals surface area contributed by atoms with Gasteiger partial charge >= 0.3 is 0 Å². The number of hydrogen-bond acceptors (Lipinski definition) is 6. The van der Waals surface area contributed by atoms with Gasteiger partial charge in [0.25, 0.3) is 11.6 Å². The first-order valence-corrected chi connectivity index (χ1v) is 7.35. The highest BCUT2D eigenvalue weighted by Crippen LogP contribution is 2.40. The van der Waals surface area contributed by atoms with Gasteiger partial charge in [-0.15, -0.1) is 0 Å². The van der Waals surface area contributed by atoms with E-state index in [-0.39, 0.29) is 17.1 Å². The zero-order valence-corrected chi connectivity index (χ0v) is 13.1. The number of carbonyl (C=O) groups excluding carboxylic acids is 2. The number of nitro groups is 1. The van der Waals surface area contributed by atoms with E-state index in [1.165, 1.54) is 42.3 Å². The number of carbonyl (C=O) groups is 2. The van der Waals surface area contributed by atoms with Crippen molar-refractivity contribution >= 4 is 23.2 Å². The molecule has 0 bridgehead atoms. The molecule has 1 aromatic carbocycles. The number of rotatable bonds is 4. The Bertz CT molecular complexity index is 890. The van der Waals surface area contributed by atoms with Gasteiger partial charge in [0.1, 0.15) is 5.82 Å². The molecule has 0 radical (unpaired) electrons. The topological polar surface area (TPSA) is 114 Å². The van der Waals surface area contributed by atoms with Crippen molar-refractivity contribution in [1.82, 2.24) is 4.98 Å². The second-order valence-electron chi connectivity index (χ2n) is 5.43. The maximum Gasteiger partial charge on any atom is 0.295 e. The van der Waals surface area contributed by atoms with E-state index in [1.807, 2.05) is 0 Å². The Hall–Kier alpha value is -3.55. The summed E-state index contributed by atoms with van der Waals surface area (Å²) in [6, 6.07) is 9.48. The highest BCUT2D eigenvalue weighted by molar-refractivity contribution is 6.15. The molecular formula is C17H13N3O5. The van der Waals surface area contributed by atoms with Crippen LogP contribution in [0.3, 0.4) is 0 Å². The maximum atomic E-state index is 12.5. The van der Waals surface area contributed by atoms with Crippen LogP contribution in [0.2, 0.25) is 0 Å². The largest absolute Gasteiger partial charge is 0.503 e. The number of aromatic nitrogens is 1. The molecule has 0 spiro atoms. The molecule has 1 atom stereocenters. The smallest absolute Gasteiger partial charge is 0.295 e. The van der Waals surface area contributed by atoms with Gasteiger partial charge in [0.05, 0.1) is 16.5 Å². The minimum Gasteiger partial charge on any atom is -0.503 e. The van der Waals surface area contributed by atoms with Crippen LogP contribution < -0.4 is 4.90 Å². The third-order valence-electron chi connectivity index (χ3n) is 3.90. The first-order chi connectivity index (χ1) is 11.9. The van der Waals surface area contributed by atoms with E-state index in [9.17, 15) is 24.8 Å². The number of nitro benzene ring substituents is 1. The standard InChI is InChI=1S/C17H13N3O5/c1-10(21)14-15(11-5-7-12(8-6-11)20(24)25)19(17(23)16(14)22)13-4-2-3-9-18-13/h2-9,15,22H,1H3. The van der Waals surface area contributed by atoms with Crippen molar-refractivity contribution in [3.8, 4) is 0 Å². The summed E-state index contributed by atoms with van der Waals surface area (Å²) in [7, 11) is 0. The van der Waals surface area contributed by atoms with Crippen LogP contribution in [-0.2, 0) is 9.59 Å². The summed E-state index contributed by atoms with van der Waals surface area (Å²) in [6.07, 6.45) is 1.48. The molecule has 2 aromatic rings. The average Bonchev–Trinajstić information content (AvgIpc) is 2.87. The number of pyridine rings is 1. The van der Waals surface area contributed by atoms with Gasteiger partial charge in [-0.25, -0.2) is 4.98 Å². The van der Waals surface area contributed by atoms with Crippen molar-refractivity contribution in [3.05, 3.63) is 75.7 Å². The molecule has 1 aromatic heterocycles. The lowest BCUT2D eigenvalue weighted by molar-refractivity contribution is -0.384. The van der Waals surface area contributed by atoms with Gasteiger partial charge in [-0.05, 0) is 36.8 Å². The Morgan fingerprint density at radius 2 is 1.92 bits per heavy atom. The Labute approximate surface area is 142 Å². The number of nitrogens with zero attached hydrogens (tertiary/aromatic N) is 3. The molecule has 8 heteroatoms. The number of ketones is 1. The number of benzene rings is 1. The van der Waals surface area contributed by atoms with Crippen LogP contribution in [0, 0.1) is 10.1 Å². The minimum atomic E-state index is -0.902. The molecular weight excluding hydrogens is 326 g/mol. The monoisotopic (exact) mass is 339 g/mol. The maximum absolute atomic E-state index is 12.5. The molecule has 8 nitrogen and oxygen atoms in total. The van der Waals surface area contributed by atoms with E-state index in [4.69, 9.17) is 0 Å². The predicted octanol–water partition coefficient (Wildman–Crippen LogP) is 2.48. The second-order valence-corrected chi connectivity index (χ2v) is 5.43. The number of aliphatic hydroxyl groups excluding tert-OH is 1. The number of Topliss-reactive ketones (excluding diaryl/α,β-unsaturated/α-hetero) is 1. The molecule has 3 rings (SSSR count). The molecule has 126 valence electrons. The van der Waals surface area contributed by atoms with E-state index in [2.05, 4.69) is 4.98 Å². The fourth-order valence-electron chi connectivity index (χ4n) is 2.79. The summed E-state index contributed by atoms with van der Waals surface area (Å²) < 4.78 is 0. The lowest BCUT2D eigenvalue weighted by Crippen LogP contribution is -2.31. The summed E-state index contributed by atoms with van der Waals surface area (Å²) in [5.41, 5.74) is 0.276. The fraction of sp³-hybridized carbons (Fsp3) is 0.118. The van der Waals surface area contributed by atoms with E-state index in [0.29, 0.717) is 5.56 Å². The summed E-state index contributed by atoms with van der Waals surface area (Å²) >= 11 is 0. The molecule has 0 aliphatic carbocycles. The molecule has 25 heavy (non-hydrogen) atoms. The Kier molecular flexibility index (Phi) is 4.02. The van der Waals surface area contributed by atoms with E-state index < -0.39 is 28.4 Å². The summed E-state index contributed by atoms with van der Waals surface area (Å²) in [5.74, 6) is -1.58. The second kappa shape index (κ2) is 6.16. The first-order valence-electron chi connectivity index (χ1n) is 7.35. The molecule has 1 amide bonds. The molecule has 1 unspecified atom stereocenters. The Balaban J connectivity index is 2.14. The molecule has 0 fully saturated rings. The fourth-order valence-corrected chi connectivity index (χ4v) is 2.79. The van der Waals surface area contributed by atoms with Crippen molar-refractivity contribution in [3.63, 3.8) is 0 Å². The molecule has 1 aliphatic heterocycles. The van der Waals surface area contributed by atoms with Crippen molar-refractivity contribution in [2.24, 2.45) is 0 Å². The molecule has 1 N–H and O–H groups in total. The average molecular weight is 339 g/mol.